The Balaban J connectivity index is 2.03. The zero-order valence-corrected chi connectivity index (χ0v) is 17.0. The van der Waals surface area contributed by atoms with E-state index in [1.54, 1.807) is 11.5 Å². The Bertz CT molecular complexity index is 1040. The third-order valence-corrected chi connectivity index (χ3v) is 6.85. The van der Waals surface area contributed by atoms with Crippen molar-refractivity contribution < 1.29 is 0 Å². The first kappa shape index (κ1) is 16.8. The molecule has 0 saturated heterocycles. The highest BCUT2D eigenvalue weighted by Crippen LogP contribution is 2.48. The molecule has 5 heteroatoms. The van der Waals surface area contributed by atoms with Crippen LogP contribution in [-0.2, 0) is 5.54 Å². The van der Waals surface area contributed by atoms with E-state index in [0.717, 1.165) is 15.4 Å². The summed E-state index contributed by atoms with van der Waals surface area (Å²) < 4.78 is 3.00. The van der Waals surface area contributed by atoms with Gasteiger partial charge in [0, 0.05) is 21.8 Å². The first-order valence-electron chi connectivity index (χ1n) is 8.20. The molecule has 3 aromatic rings. The van der Waals surface area contributed by atoms with Gasteiger partial charge >= 0.3 is 0 Å². The van der Waals surface area contributed by atoms with Crippen molar-refractivity contribution in [2.75, 3.05) is 5.32 Å². The standard InChI is InChI=1S/C20H19ClN2S2/c1-11-9-12(2)17-15(10-11)16-18(20(3,4)22-17)25-23(19(16)24)14-7-5-13(21)6-8-14/h5-10,22H,1-4H3. The fourth-order valence-electron chi connectivity index (χ4n) is 3.49. The fourth-order valence-corrected chi connectivity index (χ4v) is 5.27. The SMILES string of the molecule is Cc1cc(C)c2c(c1)-c1c(sn(-c3ccc(Cl)cc3)c1=S)C(C)(C)N2. The molecule has 0 bridgehead atoms. The van der Waals surface area contributed by atoms with Crippen molar-refractivity contribution in [2.24, 2.45) is 0 Å². The van der Waals surface area contributed by atoms with Crippen molar-refractivity contribution in [1.82, 2.24) is 3.96 Å². The van der Waals surface area contributed by atoms with Gasteiger partial charge in [-0.15, -0.1) is 0 Å². The van der Waals surface area contributed by atoms with Crippen LogP contribution in [0.2, 0.25) is 5.02 Å². The van der Waals surface area contributed by atoms with Gasteiger partial charge in [0.1, 0.15) is 4.64 Å². The molecule has 1 aromatic heterocycles. The maximum absolute atomic E-state index is 6.05. The molecule has 4 rings (SSSR count). The minimum Gasteiger partial charge on any atom is -0.374 e. The summed E-state index contributed by atoms with van der Waals surface area (Å²) in [6, 6.07) is 12.3. The van der Waals surface area contributed by atoms with Gasteiger partial charge in [0.2, 0.25) is 0 Å². The Hall–Kier alpha value is -1.62. The number of aryl methyl sites for hydroxylation is 2. The Morgan fingerprint density at radius 2 is 1.80 bits per heavy atom. The molecule has 0 unspecified atom stereocenters. The lowest BCUT2D eigenvalue weighted by molar-refractivity contribution is 0.619. The van der Waals surface area contributed by atoms with Gasteiger partial charge in [-0.05, 0) is 63.6 Å². The summed E-state index contributed by atoms with van der Waals surface area (Å²) in [5.41, 5.74) is 6.97. The average molecular weight is 387 g/mol. The summed E-state index contributed by atoms with van der Waals surface area (Å²) in [4.78, 5) is 1.27. The molecule has 25 heavy (non-hydrogen) atoms. The number of anilines is 1. The lowest BCUT2D eigenvalue weighted by Gasteiger charge is -2.34. The van der Waals surface area contributed by atoms with E-state index in [-0.39, 0.29) is 5.54 Å². The third kappa shape index (κ3) is 2.64. The number of halogens is 1. The van der Waals surface area contributed by atoms with E-state index in [1.807, 2.05) is 24.3 Å². The average Bonchev–Trinajstić information content (AvgIpc) is 2.89. The van der Waals surface area contributed by atoms with Crippen LogP contribution in [0.5, 0.6) is 0 Å². The van der Waals surface area contributed by atoms with Gasteiger partial charge in [-0.2, -0.15) is 0 Å². The molecule has 0 aliphatic carbocycles. The van der Waals surface area contributed by atoms with E-state index in [0.29, 0.717) is 0 Å². The highest BCUT2D eigenvalue weighted by molar-refractivity contribution is 7.71. The van der Waals surface area contributed by atoms with Crippen molar-refractivity contribution >= 4 is 41.0 Å². The molecule has 0 atom stereocenters. The summed E-state index contributed by atoms with van der Waals surface area (Å²) in [6.45, 7) is 8.72. The highest BCUT2D eigenvalue weighted by atomic mass is 35.5. The molecule has 1 aliphatic heterocycles. The van der Waals surface area contributed by atoms with Crippen LogP contribution < -0.4 is 5.32 Å². The van der Waals surface area contributed by atoms with Crippen LogP contribution in [0.4, 0.5) is 5.69 Å². The van der Waals surface area contributed by atoms with E-state index >= 15 is 0 Å². The maximum Gasteiger partial charge on any atom is 0.129 e. The second-order valence-corrected chi connectivity index (χ2v) is 8.90. The number of rotatable bonds is 1. The highest BCUT2D eigenvalue weighted by Gasteiger charge is 2.35. The predicted molar refractivity (Wildman–Crippen MR) is 111 cm³/mol. The topological polar surface area (TPSA) is 17.0 Å². The van der Waals surface area contributed by atoms with Crippen LogP contribution in [-0.4, -0.2) is 3.96 Å². The van der Waals surface area contributed by atoms with Crippen molar-refractivity contribution in [3.05, 3.63) is 62.1 Å². The minimum atomic E-state index is -0.168. The van der Waals surface area contributed by atoms with Gasteiger partial charge in [0.05, 0.1) is 16.1 Å². The molecule has 0 amide bonds. The quantitative estimate of drug-likeness (QED) is 0.459. The van der Waals surface area contributed by atoms with Gasteiger partial charge in [0.15, 0.2) is 0 Å². The smallest absolute Gasteiger partial charge is 0.129 e. The lowest BCUT2D eigenvalue weighted by Crippen LogP contribution is -2.31. The Morgan fingerprint density at radius 3 is 2.48 bits per heavy atom. The molecule has 2 nitrogen and oxygen atoms in total. The number of aromatic nitrogens is 1. The minimum absolute atomic E-state index is 0.168. The Labute approximate surface area is 162 Å². The number of benzene rings is 2. The van der Waals surface area contributed by atoms with E-state index in [4.69, 9.17) is 23.8 Å². The summed E-state index contributed by atoms with van der Waals surface area (Å²) in [5, 5.41) is 4.45. The maximum atomic E-state index is 6.05. The Morgan fingerprint density at radius 1 is 1.12 bits per heavy atom. The first-order valence-corrected chi connectivity index (χ1v) is 9.76. The van der Waals surface area contributed by atoms with E-state index in [9.17, 15) is 0 Å². The molecule has 0 radical (unpaired) electrons. The molecule has 128 valence electrons. The number of hydrogen-bond acceptors (Lipinski definition) is 3. The molecule has 1 aliphatic rings. The van der Waals surface area contributed by atoms with Crippen LogP contribution in [0, 0.1) is 18.5 Å². The molecule has 0 spiro atoms. The molecule has 1 N–H and O–H groups in total. The third-order valence-electron chi connectivity index (χ3n) is 4.62. The van der Waals surface area contributed by atoms with Gasteiger partial charge in [-0.1, -0.05) is 47.0 Å². The molecule has 0 fully saturated rings. The monoisotopic (exact) mass is 386 g/mol. The lowest BCUT2D eigenvalue weighted by atomic mass is 9.87. The summed E-state index contributed by atoms with van der Waals surface area (Å²) >= 11 is 13.7. The molecular weight excluding hydrogens is 368 g/mol. The van der Waals surface area contributed by atoms with Crippen molar-refractivity contribution in [3.8, 4) is 16.8 Å². The molecular formula is C20H19ClN2S2. The summed E-state index contributed by atoms with van der Waals surface area (Å²) in [7, 11) is 0. The normalized spacial score (nSPS) is 14.6. The molecule has 0 saturated carbocycles. The second kappa shape index (κ2) is 5.70. The second-order valence-electron chi connectivity index (χ2n) is 7.13. The van der Waals surface area contributed by atoms with E-state index < -0.39 is 0 Å². The predicted octanol–water partition coefficient (Wildman–Crippen LogP) is 6.87. The number of hydrogen-bond donors (Lipinski definition) is 1. The van der Waals surface area contributed by atoms with Crippen LogP contribution in [0.3, 0.4) is 0 Å². The van der Waals surface area contributed by atoms with E-state index in [2.05, 4.69) is 49.1 Å². The van der Waals surface area contributed by atoms with Crippen molar-refractivity contribution in [3.63, 3.8) is 0 Å². The van der Waals surface area contributed by atoms with Gasteiger partial charge in [-0.25, -0.2) is 0 Å². The Kier molecular flexibility index (Phi) is 3.83. The molecule has 2 heterocycles. The zero-order chi connectivity index (χ0) is 17.9. The van der Waals surface area contributed by atoms with Crippen LogP contribution in [0.15, 0.2) is 36.4 Å². The van der Waals surface area contributed by atoms with Crippen molar-refractivity contribution in [1.29, 1.82) is 0 Å². The van der Waals surface area contributed by atoms with Crippen LogP contribution >= 0.6 is 35.4 Å². The van der Waals surface area contributed by atoms with Crippen LogP contribution in [0.1, 0.15) is 29.9 Å². The van der Waals surface area contributed by atoms with E-state index in [1.165, 1.54) is 32.8 Å². The number of nitrogens with one attached hydrogen (secondary N) is 1. The number of fused-ring (bicyclic) bond motifs is 3. The zero-order valence-electron chi connectivity index (χ0n) is 14.6. The molecule has 2 aromatic carbocycles. The first-order chi connectivity index (χ1) is 11.8. The largest absolute Gasteiger partial charge is 0.374 e. The van der Waals surface area contributed by atoms with Gasteiger partial charge < -0.3 is 5.32 Å². The van der Waals surface area contributed by atoms with Crippen LogP contribution in [0.25, 0.3) is 16.8 Å². The van der Waals surface area contributed by atoms with Gasteiger partial charge in [-0.3, -0.25) is 3.96 Å². The summed E-state index contributed by atoms with van der Waals surface area (Å²) in [6.07, 6.45) is 0. The number of nitrogens with zero attached hydrogens (tertiary/aromatic N) is 1. The van der Waals surface area contributed by atoms with Crippen molar-refractivity contribution in [2.45, 2.75) is 33.2 Å². The van der Waals surface area contributed by atoms with Gasteiger partial charge in [0.25, 0.3) is 0 Å². The fraction of sp³-hybridized carbons (Fsp3) is 0.250. The summed E-state index contributed by atoms with van der Waals surface area (Å²) in [5.74, 6) is 0.